The highest BCUT2D eigenvalue weighted by Crippen LogP contribution is 2.28. The third-order valence-electron chi connectivity index (χ3n) is 4.30. The summed E-state index contributed by atoms with van der Waals surface area (Å²) in [6, 6.07) is 12.6. The number of hydrogen-bond donors (Lipinski definition) is 0. The third-order valence-corrected chi connectivity index (χ3v) is 5.74. The molecule has 7 heteroatoms. The SMILES string of the molecule is Cc1c(Cl)cccc1-n1c(SC(C)C(=O)N(C)C)nc2ccccc2c1=O. The van der Waals surface area contributed by atoms with Crippen LogP contribution in [0.15, 0.2) is 52.4 Å². The Balaban J connectivity index is 2.26. The molecule has 2 aromatic carbocycles. The number of fused-ring (bicyclic) bond motifs is 1. The Morgan fingerprint density at radius 1 is 1.19 bits per heavy atom. The van der Waals surface area contributed by atoms with Gasteiger partial charge in [0.25, 0.3) is 5.56 Å². The first-order chi connectivity index (χ1) is 12.8. The van der Waals surface area contributed by atoms with Gasteiger partial charge < -0.3 is 4.90 Å². The maximum Gasteiger partial charge on any atom is 0.266 e. The second-order valence-corrected chi connectivity index (χ2v) is 8.14. The van der Waals surface area contributed by atoms with E-state index in [-0.39, 0.29) is 16.7 Å². The van der Waals surface area contributed by atoms with E-state index in [0.717, 1.165) is 5.56 Å². The molecule has 0 saturated heterocycles. The second kappa shape index (κ2) is 7.74. The van der Waals surface area contributed by atoms with Gasteiger partial charge in [0, 0.05) is 19.1 Å². The summed E-state index contributed by atoms with van der Waals surface area (Å²) in [5, 5.41) is 1.17. The molecule has 1 heterocycles. The van der Waals surface area contributed by atoms with Gasteiger partial charge >= 0.3 is 0 Å². The molecule has 0 saturated carbocycles. The van der Waals surface area contributed by atoms with Crippen molar-refractivity contribution >= 4 is 40.2 Å². The molecule has 5 nitrogen and oxygen atoms in total. The number of thioether (sulfide) groups is 1. The summed E-state index contributed by atoms with van der Waals surface area (Å²) in [5.41, 5.74) is 1.87. The van der Waals surface area contributed by atoms with Gasteiger partial charge in [0.15, 0.2) is 5.16 Å². The molecule has 1 amide bonds. The Hall–Kier alpha value is -2.31. The molecule has 0 radical (unpaired) electrons. The van der Waals surface area contributed by atoms with Crippen molar-refractivity contribution < 1.29 is 4.79 Å². The van der Waals surface area contributed by atoms with Gasteiger partial charge in [0.1, 0.15) is 0 Å². The van der Waals surface area contributed by atoms with Gasteiger partial charge in [-0.15, -0.1) is 0 Å². The zero-order valence-electron chi connectivity index (χ0n) is 15.6. The van der Waals surface area contributed by atoms with Crippen LogP contribution >= 0.6 is 23.4 Å². The van der Waals surface area contributed by atoms with Gasteiger partial charge in [-0.1, -0.05) is 41.6 Å². The van der Waals surface area contributed by atoms with E-state index in [1.807, 2.05) is 32.0 Å². The molecule has 0 aliphatic carbocycles. The monoisotopic (exact) mass is 401 g/mol. The number of rotatable bonds is 4. The lowest BCUT2D eigenvalue weighted by Crippen LogP contribution is -2.31. The Labute approximate surface area is 167 Å². The van der Waals surface area contributed by atoms with E-state index < -0.39 is 0 Å². The first-order valence-electron chi connectivity index (χ1n) is 8.46. The number of nitrogens with zero attached hydrogens (tertiary/aromatic N) is 3. The van der Waals surface area contributed by atoms with Gasteiger partial charge in [0.2, 0.25) is 5.91 Å². The summed E-state index contributed by atoms with van der Waals surface area (Å²) in [7, 11) is 3.42. The lowest BCUT2D eigenvalue weighted by molar-refractivity contribution is -0.127. The summed E-state index contributed by atoms with van der Waals surface area (Å²) >= 11 is 7.54. The van der Waals surface area contributed by atoms with E-state index in [1.165, 1.54) is 16.7 Å². The summed E-state index contributed by atoms with van der Waals surface area (Å²) in [6.45, 7) is 3.67. The van der Waals surface area contributed by atoms with E-state index in [4.69, 9.17) is 11.6 Å². The van der Waals surface area contributed by atoms with E-state index in [0.29, 0.717) is 26.8 Å². The van der Waals surface area contributed by atoms with Crippen LogP contribution in [0.1, 0.15) is 12.5 Å². The van der Waals surface area contributed by atoms with Crippen molar-refractivity contribution in [3.05, 3.63) is 63.4 Å². The van der Waals surface area contributed by atoms with Crippen molar-refractivity contribution in [3.63, 3.8) is 0 Å². The molecule has 1 aromatic heterocycles. The number of para-hydroxylation sites is 1. The van der Waals surface area contributed by atoms with Crippen molar-refractivity contribution in [2.45, 2.75) is 24.3 Å². The van der Waals surface area contributed by atoms with E-state index in [9.17, 15) is 9.59 Å². The Morgan fingerprint density at radius 2 is 1.89 bits per heavy atom. The molecular formula is C20H20ClN3O2S. The summed E-state index contributed by atoms with van der Waals surface area (Å²) < 4.78 is 1.55. The minimum atomic E-state index is -0.390. The van der Waals surface area contributed by atoms with Crippen LogP contribution in [-0.4, -0.2) is 39.7 Å². The first kappa shape index (κ1) is 19.5. The van der Waals surface area contributed by atoms with Crippen LogP contribution < -0.4 is 5.56 Å². The maximum absolute atomic E-state index is 13.3. The van der Waals surface area contributed by atoms with Gasteiger partial charge in [-0.2, -0.15) is 0 Å². The van der Waals surface area contributed by atoms with Crippen molar-refractivity contribution in [2.75, 3.05) is 14.1 Å². The molecule has 0 spiro atoms. The lowest BCUT2D eigenvalue weighted by Gasteiger charge is -2.19. The average Bonchev–Trinajstić information content (AvgIpc) is 2.64. The number of amides is 1. The van der Waals surface area contributed by atoms with E-state index in [2.05, 4.69) is 4.98 Å². The van der Waals surface area contributed by atoms with Crippen molar-refractivity contribution in [1.82, 2.24) is 14.5 Å². The minimum Gasteiger partial charge on any atom is -0.348 e. The predicted molar refractivity (Wildman–Crippen MR) is 111 cm³/mol. The molecule has 0 aliphatic rings. The van der Waals surface area contributed by atoms with Crippen molar-refractivity contribution in [1.29, 1.82) is 0 Å². The zero-order chi connectivity index (χ0) is 19.7. The van der Waals surface area contributed by atoms with Crippen molar-refractivity contribution in [2.24, 2.45) is 0 Å². The molecular weight excluding hydrogens is 382 g/mol. The van der Waals surface area contributed by atoms with Gasteiger partial charge in [0.05, 0.1) is 21.8 Å². The summed E-state index contributed by atoms with van der Waals surface area (Å²) in [4.78, 5) is 31.8. The topological polar surface area (TPSA) is 55.2 Å². The summed E-state index contributed by atoms with van der Waals surface area (Å²) in [6.07, 6.45) is 0. The van der Waals surface area contributed by atoms with Gasteiger partial charge in [-0.25, -0.2) is 4.98 Å². The molecule has 0 fully saturated rings. The Kier molecular flexibility index (Phi) is 5.58. The van der Waals surface area contributed by atoms with Gasteiger partial charge in [-0.3, -0.25) is 14.2 Å². The predicted octanol–water partition coefficient (Wildman–Crippen LogP) is 3.92. The molecule has 1 atom stereocenters. The number of halogens is 1. The second-order valence-electron chi connectivity index (χ2n) is 6.43. The number of hydrogen-bond acceptors (Lipinski definition) is 4. The smallest absolute Gasteiger partial charge is 0.266 e. The number of benzene rings is 2. The fourth-order valence-electron chi connectivity index (χ4n) is 2.81. The van der Waals surface area contributed by atoms with E-state index in [1.54, 1.807) is 42.9 Å². The lowest BCUT2D eigenvalue weighted by atomic mass is 10.2. The van der Waals surface area contributed by atoms with E-state index >= 15 is 0 Å². The minimum absolute atomic E-state index is 0.0447. The molecule has 3 rings (SSSR count). The highest BCUT2D eigenvalue weighted by atomic mass is 35.5. The highest BCUT2D eigenvalue weighted by Gasteiger charge is 2.22. The van der Waals surface area contributed by atoms with Crippen molar-refractivity contribution in [3.8, 4) is 5.69 Å². The normalized spacial score (nSPS) is 12.2. The number of carbonyl (C=O) groups excluding carboxylic acids is 1. The Morgan fingerprint density at radius 3 is 2.59 bits per heavy atom. The Bertz CT molecular complexity index is 1080. The standard InChI is InChI=1S/C20H20ClN3O2S/c1-12-15(21)9-7-11-17(12)24-19(26)14-8-5-6-10-16(14)22-20(24)27-13(2)18(25)23(3)4/h5-11,13H,1-4H3. The maximum atomic E-state index is 13.3. The fourth-order valence-corrected chi connectivity index (χ4v) is 4.05. The molecule has 27 heavy (non-hydrogen) atoms. The van der Waals surface area contributed by atoms with Crippen LogP contribution in [0.2, 0.25) is 5.02 Å². The molecule has 140 valence electrons. The molecule has 3 aromatic rings. The zero-order valence-corrected chi connectivity index (χ0v) is 17.1. The van der Waals surface area contributed by atoms with Crippen LogP contribution in [0.4, 0.5) is 0 Å². The highest BCUT2D eigenvalue weighted by molar-refractivity contribution is 8.00. The summed E-state index contributed by atoms with van der Waals surface area (Å²) in [5.74, 6) is -0.0447. The van der Waals surface area contributed by atoms with Crippen LogP contribution in [0.25, 0.3) is 16.6 Å². The molecule has 0 bridgehead atoms. The van der Waals surface area contributed by atoms with Crippen LogP contribution in [0.3, 0.4) is 0 Å². The number of aromatic nitrogens is 2. The largest absolute Gasteiger partial charge is 0.348 e. The van der Waals surface area contributed by atoms with Gasteiger partial charge in [-0.05, 0) is 43.7 Å². The molecule has 1 unspecified atom stereocenters. The fraction of sp³-hybridized carbons (Fsp3) is 0.250. The molecule has 0 aliphatic heterocycles. The average molecular weight is 402 g/mol. The van der Waals surface area contributed by atoms with Crippen LogP contribution in [-0.2, 0) is 4.79 Å². The quantitative estimate of drug-likeness (QED) is 0.491. The van der Waals surface area contributed by atoms with Crippen LogP contribution in [0.5, 0.6) is 0 Å². The van der Waals surface area contributed by atoms with Crippen LogP contribution in [0, 0.1) is 6.92 Å². The first-order valence-corrected chi connectivity index (χ1v) is 9.72. The third kappa shape index (κ3) is 3.73. The number of carbonyl (C=O) groups is 1. The molecule has 0 N–H and O–H groups in total.